The summed E-state index contributed by atoms with van der Waals surface area (Å²) in [5.74, 6) is 0.496. The van der Waals surface area contributed by atoms with Crippen LogP contribution in [0.25, 0.3) is 16.6 Å². The van der Waals surface area contributed by atoms with E-state index in [1.54, 1.807) is 23.2 Å². The summed E-state index contributed by atoms with van der Waals surface area (Å²) in [6, 6.07) is 9.28. The van der Waals surface area contributed by atoms with Crippen molar-refractivity contribution in [3.63, 3.8) is 0 Å². The van der Waals surface area contributed by atoms with Crippen LogP contribution >= 0.6 is 11.6 Å². The molecule has 1 saturated carbocycles. The van der Waals surface area contributed by atoms with Crippen molar-refractivity contribution < 1.29 is 9.90 Å². The third-order valence-electron chi connectivity index (χ3n) is 7.08. The van der Waals surface area contributed by atoms with Gasteiger partial charge in [0.15, 0.2) is 0 Å². The zero-order valence-electron chi connectivity index (χ0n) is 18.1. The monoisotopic (exact) mass is 462 g/mol. The minimum atomic E-state index is -0.462. The molecule has 1 fully saturated rings. The topological polar surface area (TPSA) is 90.7 Å². The number of H-pyrrole nitrogens is 1. The Labute approximate surface area is 194 Å². The molecule has 0 bridgehead atoms. The lowest BCUT2D eigenvalue weighted by Gasteiger charge is -2.20. The number of aliphatic hydroxyl groups is 1. The highest BCUT2D eigenvalue weighted by atomic mass is 35.5. The average molecular weight is 463 g/mol. The molecule has 0 saturated heterocycles. The molecule has 3 heterocycles. The molecular weight excluding hydrogens is 440 g/mol. The van der Waals surface area contributed by atoms with E-state index in [1.165, 1.54) is 0 Å². The maximum Gasteiger partial charge on any atom is 0.274 e. The van der Waals surface area contributed by atoms with E-state index in [4.69, 9.17) is 11.6 Å². The molecule has 8 heteroatoms. The summed E-state index contributed by atoms with van der Waals surface area (Å²) >= 11 is 6.12. The van der Waals surface area contributed by atoms with Gasteiger partial charge in [0.05, 0.1) is 23.3 Å². The summed E-state index contributed by atoms with van der Waals surface area (Å²) in [4.78, 5) is 35.6. The van der Waals surface area contributed by atoms with Gasteiger partial charge < -0.3 is 15.0 Å². The normalized spacial score (nSPS) is 20.2. The summed E-state index contributed by atoms with van der Waals surface area (Å²) in [6.07, 6.45) is 4.37. The van der Waals surface area contributed by atoms with Crippen molar-refractivity contribution >= 4 is 39.7 Å². The van der Waals surface area contributed by atoms with Gasteiger partial charge in [-0.05, 0) is 67.6 Å². The SMILES string of the molecule is Cc1cc2c(cc1C(=O)N1CCc3cc(Cl)ccc31)[nH]c(=O)c1cnc([C@H]3CCC[C@@H]3O)n12. The van der Waals surface area contributed by atoms with Gasteiger partial charge in [0.1, 0.15) is 11.3 Å². The largest absolute Gasteiger partial charge is 0.392 e. The fraction of sp³-hybridized carbons (Fsp3) is 0.320. The molecule has 4 aromatic rings. The van der Waals surface area contributed by atoms with E-state index < -0.39 is 6.10 Å². The smallest absolute Gasteiger partial charge is 0.274 e. The summed E-state index contributed by atoms with van der Waals surface area (Å²) in [5, 5.41) is 11.1. The zero-order chi connectivity index (χ0) is 22.9. The summed E-state index contributed by atoms with van der Waals surface area (Å²) in [7, 11) is 0. The molecule has 33 heavy (non-hydrogen) atoms. The first-order valence-electron chi connectivity index (χ1n) is 11.2. The number of aromatic nitrogens is 3. The Kier molecular flexibility index (Phi) is 4.61. The maximum absolute atomic E-state index is 13.5. The predicted molar refractivity (Wildman–Crippen MR) is 127 cm³/mol. The lowest BCUT2D eigenvalue weighted by molar-refractivity contribution is 0.0989. The van der Waals surface area contributed by atoms with Crippen molar-refractivity contribution in [2.45, 2.75) is 44.6 Å². The van der Waals surface area contributed by atoms with Gasteiger partial charge in [0.25, 0.3) is 11.5 Å². The highest BCUT2D eigenvalue weighted by Gasteiger charge is 2.31. The van der Waals surface area contributed by atoms with Crippen LogP contribution in [-0.4, -0.2) is 38.0 Å². The molecule has 1 aliphatic carbocycles. The second-order valence-corrected chi connectivity index (χ2v) is 9.50. The van der Waals surface area contributed by atoms with E-state index >= 15 is 0 Å². The molecule has 0 spiro atoms. The van der Waals surface area contributed by atoms with Crippen molar-refractivity contribution in [3.05, 3.63) is 74.4 Å². The lowest BCUT2D eigenvalue weighted by atomic mass is 10.0. The number of hydrogen-bond donors (Lipinski definition) is 2. The van der Waals surface area contributed by atoms with Gasteiger partial charge in [-0.15, -0.1) is 0 Å². The Morgan fingerprint density at radius 3 is 2.85 bits per heavy atom. The highest BCUT2D eigenvalue weighted by Crippen LogP contribution is 2.36. The van der Waals surface area contributed by atoms with E-state index in [1.807, 2.05) is 29.5 Å². The number of imidazole rings is 1. The number of anilines is 1. The van der Waals surface area contributed by atoms with Crippen LogP contribution in [0.4, 0.5) is 5.69 Å². The van der Waals surface area contributed by atoms with Gasteiger partial charge in [0.2, 0.25) is 0 Å². The number of benzene rings is 2. The summed E-state index contributed by atoms with van der Waals surface area (Å²) in [6.45, 7) is 2.50. The zero-order valence-corrected chi connectivity index (χ0v) is 18.9. The van der Waals surface area contributed by atoms with Crippen LogP contribution in [0, 0.1) is 6.92 Å². The minimum Gasteiger partial charge on any atom is -0.392 e. The number of hydrogen-bond acceptors (Lipinski definition) is 4. The third-order valence-corrected chi connectivity index (χ3v) is 7.31. The molecular formula is C25H23ClN4O3. The lowest BCUT2D eigenvalue weighted by Crippen LogP contribution is -2.29. The average Bonchev–Trinajstić information content (AvgIpc) is 3.51. The standard InChI is InChI=1S/C25H23ClN4O3/c1-13-9-20-18(11-17(13)25(33)29-8-7-14-10-15(26)5-6-19(14)29)28-24(32)21-12-27-23(30(20)21)16-3-2-4-22(16)31/h5-6,9-12,16,22,31H,2-4,7-8H2,1H3,(H,28,32)/t16-,22-/m0/s1. The number of aliphatic hydroxyl groups excluding tert-OH is 1. The molecule has 0 unspecified atom stereocenters. The third kappa shape index (κ3) is 3.10. The molecule has 6 rings (SSSR count). The number of carbonyl (C=O) groups excluding carboxylic acids is 1. The number of nitrogens with one attached hydrogen (secondary N) is 1. The van der Waals surface area contributed by atoms with Gasteiger partial charge in [-0.25, -0.2) is 4.98 Å². The second kappa shape index (κ2) is 7.43. The Balaban J connectivity index is 1.49. The number of halogens is 1. The van der Waals surface area contributed by atoms with E-state index in [0.29, 0.717) is 34.0 Å². The van der Waals surface area contributed by atoms with Crippen LogP contribution in [0.2, 0.25) is 5.02 Å². The molecule has 1 aliphatic heterocycles. The van der Waals surface area contributed by atoms with Crippen LogP contribution in [0.3, 0.4) is 0 Å². The fourth-order valence-electron chi connectivity index (χ4n) is 5.40. The van der Waals surface area contributed by atoms with E-state index in [0.717, 1.165) is 48.0 Å². The minimum absolute atomic E-state index is 0.103. The maximum atomic E-state index is 13.5. The molecule has 2 aromatic heterocycles. The van der Waals surface area contributed by atoms with Gasteiger partial charge in [-0.2, -0.15) is 0 Å². The van der Waals surface area contributed by atoms with Crippen LogP contribution in [0.5, 0.6) is 0 Å². The van der Waals surface area contributed by atoms with Crippen molar-refractivity contribution in [1.29, 1.82) is 0 Å². The number of aromatic amines is 1. The van der Waals surface area contributed by atoms with Crippen molar-refractivity contribution in [2.75, 3.05) is 11.4 Å². The fourth-order valence-corrected chi connectivity index (χ4v) is 5.60. The van der Waals surface area contributed by atoms with Crippen LogP contribution in [0.15, 0.2) is 41.3 Å². The molecule has 0 radical (unpaired) electrons. The van der Waals surface area contributed by atoms with E-state index in [2.05, 4.69) is 9.97 Å². The molecule has 7 nitrogen and oxygen atoms in total. The quantitative estimate of drug-likeness (QED) is 0.471. The van der Waals surface area contributed by atoms with Crippen molar-refractivity contribution in [3.8, 4) is 0 Å². The van der Waals surface area contributed by atoms with Crippen LogP contribution in [-0.2, 0) is 6.42 Å². The second-order valence-electron chi connectivity index (χ2n) is 9.06. The number of carbonyl (C=O) groups is 1. The van der Waals surface area contributed by atoms with E-state index in [-0.39, 0.29) is 17.4 Å². The molecule has 2 aromatic carbocycles. The Hall–Kier alpha value is -3.16. The highest BCUT2D eigenvalue weighted by molar-refractivity contribution is 6.30. The van der Waals surface area contributed by atoms with Gasteiger partial charge in [-0.1, -0.05) is 18.0 Å². The Bertz CT molecular complexity index is 1510. The molecule has 2 aliphatic rings. The number of rotatable bonds is 2. The summed E-state index contributed by atoms with van der Waals surface area (Å²) < 4.78 is 1.85. The molecule has 1 amide bonds. The molecule has 2 N–H and O–H groups in total. The first kappa shape index (κ1) is 20.4. The number of amides is 1. The predicted octanol–water partition coefficient (Wildman–Crippen LogP) is 3.97. The Morgan fingerprint density at radius 2 is 2.06 bits per heavy atom. The first-order chi connectivity index (χ1) is 15.9. The molecule has 168 valence electrons. The number of aryl methyl sites for hydroxylation is 1. The first-order valence-corrected chi connectivity index (χ1v) is 11.6. The summed E-state index contributed by atoms with van der Waals surface area (Å²) in [5.41, 5.74) is 4.82. The Morgan fingerprint density at radius 1 is 1.21 bits per heavy atom. The van der Waals surface area contributed by atoms with Crippen molar-refractivity contribution in [1.82, 2.24) is 14.4 Å². The number of fused-ring (bicyclic) bond motifs is 4. The van der Waals surface area contributed by atoms with Crippen LogP contribution in [0.1, 0.15) is 52.5 Å². The van der Waals surface area contributed by atoms with Crippen molar-refractivity contribution in [2.24, 2.45) is 0 Å². The molecule has 2 atom stereocenters. The van der Waals surface area contributed by atoms with Crippen LogP contribution < -0.4 is 10.5 Å². The van der Waals surface area contributed by atoms with Gasteiger partial charge in [-0.3, -0.25) is 14.0 Å². The van der Waals surface area contributed by atoms with Gasteiger partial charge in [0, 0.05) is 28.7 Å². The van der Waals surface area contributed by atoms with E-state index in [9.17, 15) is 14.7 Å². The number of nitrogens with zero attached hydrogens (tertiary/aromatic N) is 3. The van der Waals surface area contributed by atoms with Gasteiger partial charge >= 0.3 is 0 Å².